The molecule has 0 spiro atoms. The molecule has 1 fully saturated rings. The number of aromatic amines is 1. The molecular weight excluding hydrogens is 364 g/mol. The lowest BCUT2D eigenvalue weighted by Gasteiger charge is -2.32. The van der Waals surface area contributed by atoms with Crippen LogP contribution in [0.4, 0.5) is 4.79 Å². The van der Waals surface area contributed by atoms with E-state index < -0.39 is 0 Å². The molecule has 2 aromatic carbocycles. The molecule has 1 aliphatic rings. The number of para-hydroxylation sites is 3. The van der Waals surface area contributed by atoms with E-state index in [1.54, 1.807) is 7.11 Å². The third-order valence-electron chi connectivity index (χ3n) is 5.59. The second-order valence-corrected chi connectivity index (χ2v) is 7.65. The molecule has 4 rings (SSSR count). The number of likely N-dealkylation sites (tertiary alicyclic amines) is 1. The van der Waals surface area contributed by atoms with E-state index in [-0.39, 0.29) is 6.03 Å². The molecule has 152 valence electrons. The van der Waals surface area contributed by atoms with Crippen LogP contribution >= 0.6 is 0 Å². The van der Waals surface area contributed by atoms with E-state index in [9.17, 15) is 4.79 Å². The number of carbonyl (C=O) groups excluding carboxylic acids is 1. The number of nitrogens with one attached hydrogen (secondary N) is 2. The van der Waals surface area contributed by atoms with Crippen LogP contribution in [0.25, 0.3) is 11.0 Å². The molecule has 0 radical (unpaired) electrons. The van der Waals surface area contributed by atoms with Gasteiger partial charge in [-0.05, 0) is 48.9 Å². The van der Waals surface area contributed by atoms with Gasteiger partial charge in [0.15, 0.2) is 0 Å². The number of methoxy groups -OCH3 is 1. The number of ether oxygens (including phenoxy) is 1. The van der Waals surface area contributed by atoms with Gasteiger partial charge in [0, 0.05) is 26.1 Å². The number of benzene rings is 2. The molecule has 1 aromatic heterocycles. The Hall–Kier alpha value is -3.02. The van der Waals surface area contributed by atoms with Crippen LogP contribution in [0.5, 0.6) is 5.75 Å². The second kappa shape index (κ2) is 8.99. The Morgan fingerprint density at radius 2 is 2.07 bits per heavy atom. The topological polar surface area (TPSA) is 70.2 Å². The zero-order chi connectivity index (χ0) is 20.1. The maximum atomic E-state index is 12.6. The predicted molar refractivity (Wildman–Crippen MR) is 114 cm³/mol. The molecule has 2 N–H and O–H groups in total. The number of carbonyl (C=O) groups is 1. The molecule has 6 heteroatoms. The molecule has 2 amide bonds. The lowest BCUT2D eigenvalue weighted by molar-refractivity contribution is 0.165. The molecule has 0 unspecified atom stereocenters. The fourth-order valence-corrected chi connectivity index (χ4v) is 4.12. The third-order valence-corrected chi connectivity index (χ3v) is 5.59. The molecule has 1 aliphatic heterocycles. The molecule has 0 bridgehead atoms. The fourth-order valence-electron chi connectivity index (χ4n) is 4.12. The molecule has 6 nitrogen and oxygen atoms in total. The standard InChI is InChI=1S/C23H28N4O2/c1-29-21-11-5-2-8-18(21)12-13-24-23(28)27-14-6-7-17(16-27)15-22-25-19-9-3-4-10-20(19)26-22/h2-5,8-11,17H,6-7,12-16H2,1H3,(H,24,28)(H,25,26)/t17-/m1/s1. The Balaban J connectivity index is 1.29. The fraction of sp³-hybridized carbons (Fsp3) is 0.391. The zero-order valence-corrected chi connectivity index (χ0v) is 16.9. The Morgan fingerprint density at radius 3 is 2.93 bits per heavy atom. The lowest BCUT2D eigenvalue weighted by atomic mass is 9.95. The van der Waals surface area contributed by atoms with Crippen LogP contribution < -0.4 is 10.1 Å². The first-order valence-corrected chi connectivity index (χ1v) is 10.3. The Morgan fingerprint density at radius 1 is 1.24 bits per heavy atom. The molecule has 1 saturated heterocycles. The quantitative estimate of drug-likeness (QED) is 0.671. The number of hydrogen-bond donors (Lipinski definition) is 2. The van der Waals surface area contributed by atoms with E-state index in [2.05, 4.69) is 15.3 Å². The number of rotatable bonds is 6. The highest BCUT2D eigenvalue weighted by molar-refractivity contribution is 5.75. The minimum atomic E-state index is 0.0224. The van der Waals surface area contributed by atoms with Crippen LogP contribution in [0.1, 0.15) is 24.2 Å². The van der Waals surface area contributed by atoms with Crippen LogP contribution in [-0.2, 0) is 12.8 Å². The summed E-state index contributed by atoms with van der Waals surface area (Å²) < 4.78 is 5.38. The van der Waals surface area contributed by atoms with Crippen LogP contribution in [0.2, 0.25) is 0 Å². The van der Waals surface area contributed by atoms with E-state index in [1.807, 2.05) is 53.4 Å². The molecule has 0 saturated carbocycles. The predicted octanol–water partition coefficient (Wildman–Crippen LogP) is 3.78. The van der Waals surface area contributed by atoms with Gasteiger partial charge in [0.1, 0.15) is 11.6 Å². The number of nitrogens with zero attached hydrogens (tertiary/aromatic N) is 2. The van der Waals surface area contributed by atoms with Crippen LogP contribution in [0.3, 0.4) is 0 Å². The monoisotopic (exact) mass is 392 g/mol. The van der Waals surface area contributed by atoms with Gasteiger partial charge in [-0.2, -0.15) is 0 Å². The molecular formula is C23H28N4O2. The Labute approximate surface area is 171 Å². The van der Waals surface area contributed by atoms with Crippen molar-refractivity contribution >= 4 is 17.1 Å². The van der Waals surface area contributed by atoms with Crippen molar-refractivity contribution in [3.63, 3.8) is 0 Å². The van der Waals surface area contributed by atoms with Gasteiger partial charge in [0.2, 0.25) is 0 Å². The third kappa shape index (κ3) is 4.70. The summed E-state index contributed by atoms with van der Waals surface area (Å²) in [4.78, 5) is 22.7. The van der Waals surface area contributed by atoms with E-state index >= 15 is 0 Å². The van der Waals surface area contributed by atoms with Crippen LogP contribution in [0.15, 0.2) is 48.5 Å². The maximum absolute atomic E-state index is 12.6. The number of hydrogen-bond acceptors (Lipinski definition) is 3. The van der Waals surface area contributed by atoms with Crippen molar-refractivity contribution in [2.75, 3.05) is 26.7 Å². The first-order valence-electron chi connectivity index (χ1n) is 10.3. The number of H-pyrrole nitrogens is 1. The first kappa shape index (κ1) is 19.3. The van der Waals surface area contributed by atoms with Gasteiger partial charge in [-0.15, -0.1) is 0 Å². The Bertz CT molecular complexity index is 935. The van der Waals surface area contributed by atoms with E-state index in [1.165, 1.54) is 0 Å². The summed E-state index contributed by atoms with van der Waals surface area (Å²) in [6.07, 6.45) is 3.79. The van der Waals surface area contributed by atoms with Crippen molar-refractivity contribution in [2.24, 2.45) is 5.92 Å². The van der Waals surface area contributed by atoms with Gasteiger partial charge in [-0.25, -0.2) is 9.78 Å². The maximum Gasteiger partial charge on any atom is 0.317 e. The first-order chi connectivity index (χ1) is 14.2. The summed E-state index contributed by atoms with van der Waals surface area (Å²) in [5, 5.41) is 3.07. The Kier molecular flexibility index (Phi) is 5.98. The van der Waals surface area contributed by atoms with Gasteiger partial charge in [-0.1, -0.05) is 30.3 Å². The minimum Gasteiger partial charge on any atom is -0.496 e. The molecule has 0 aliphatic carbocycles. The van der Waals surface area contributed by atoms with Crippen molar-refractivity contribution < 1.29 is 9.53 Å². The smallest absolute Gasteiger partial charge is 0.317 e. The second-order valence-electron chi connectivity index (χ2n) is 7.65. The van der Waals surface area contributed by atoms with E-state index in [4.69, 9.17) is 4.74 Å². The van der Waals surface area contributed by atoms with Gasteiger partial charge >= 0.3 is 6.03 Å². The summed E-state index contributed by atoms with van der Waals surface area (Å²) in [6.45, 7) is 2.19. The normalized spacial score (nSPS) is 16.7. The highest BCUT2D eigenvalue weighted by atomic mass is 16.5. The van der Waals surface area contributed by atoms with Crippen molar-refractivity contribution in [3.05, 3.63) is 59.9 Å². The average molecular weight is 393 g/mol. The zero-order valence-electron chi connectivity index (χ0n) is 16.9. The number of piperidine rings is 1. The van der Waals surface area contributed by atoms with Crippen molar-refractivity contribution in [3.8, 4) is 5.75 Å². The van der Waals surface area contributed by atoms with Crippen molar-refractivity contribution in [1.29, 1.82) is 0 Å². The number of fused-ring (bicyclic) bond motifs is 1. The van der Waals surface area contributed by atoms with Crippen molar-refractivity contribution in [1.82, 2.24) is 20.2 Å². The number of imidazole rings is 1. The molecule has 1 atom stereocenters. The molecule has 29 heavy (non-hydrogen) atoms. The summed E-state index contributed by atoms with van der Waals surface area (Å²) in [6, 6.07) is 16.1. The summed E-state index contributed by atoms with van der Waals surface area (Å²) in [7, 11) is 1.67. The summed E-state index contributed by atoms with van der Waals surface area (Å²) in [5.74, 6) is 2.31. The van der Waals surface area contributed by atoms with E-state index in [0.29, 0.717) is 12.5 Å². The van der Waals surface area contributed by atoms with Gasteiger partial charge in [-0.3, -0.25) is 0 Å². The van der Waals surface area contributed by atoms with Gasteiger partial charge in [0.05, 0.1) is 18.1 Å². The van der Waals surface area contributed by atoms with Crippen LogP contribution in [0, 0.1) is 5.92 Å². The molecule has 2 heterocycles. The number of urea groups is 1. The average Bonchev–Trinajstić information content (AvgIpc) is 3.16. The van der Waals surface area contributed by atoms with Gasteiger partial charge < -0.3 is 19.9 Å². The number of aromatic nitrogens is 2. The summed E-state index contributed by atoms with van der Waals surface area (Å²) >= 11 is 0. The SMILES string of the molecule is COc1ccccc1CCNC(=O)N1CCC[C@H](Cc2nc3ccccc3[nH]2)C1. The summed E-state index contributed by atoms with van der Waals surface area (Å²) in [5.41, 5.74) is 3.19. The largest absolute Gasteiger partial charge is 0.496 e. The molecule has 3 aromatic rings. The van der Waals surface area contributed by atoms with Crippen LogP contribution in [-0.4, -0.2) is 47.6 Å². The highest BCUT2D eigenvalue weighted by Gasteiger charge is 2.24. The highest BCUT2D eigenvalue weighted by Crippen LogP contribution is 2.22. The van der Waals surface area contributed by atoms with E-state index in [0.717, 1.165) is 66.9 Å². The minimum absolute atomic E-state index is 0.0224. The number of amides is 2. The lowest BCUT2D eigenvalue weighted by Crippen LogP contribution is -2.46. The van der Waals surface area contributed by atoms with Gasteiger partial charge in [0.25, 0.3) is 0 Å². The van der Waals surface area contributed by atoms with Crippen molar-refractivity contribution in [2.45, 2.75) is 25.7 Å².